The van der Waals surface area contributed by atoms with Gasteiger partial charge in [-0.3, -0.25) is 4.79 Å². The summed E-state index contributed by atoms with van der Waals surface area (Å²) in [7, 11) is 0. The van der Waals surface area contributed by atoms with Gasteiger partial charge in [0.05, 0.1) is 19.7 Å². The molecule has 1 atom stereocenters. The van der Waals surface area contributed by atoms with Crippen LogP contribution in [-0.4, -0.2) is 58.8 Å². The number of carbonyl (C=O) groups is 1. The highest BCUT2D eigenvalue weighted by Gasteiger charge is 2.50. The fourth-order valence-corrected chi connectivity index (χ4v) is 3.39. The maximum atomic E-state index is 12.9. The number of benzene rings is 1. The lowest BCUT2D eigenvalue weighted by Gasteiger charge is -2.52. The van der Waals surface area contributed by atoms with Crippen molar-refractivity contribution >= 4 is 5.91 Å². The lowest BCUT2D eigenvalue weighted by atomic mass is 9.84. The Morgan fingerprint density at radius 3 is 2.74 bits per heavy atom. The molecule has 4 rings (SSSR count). The summed E-state index contributed by atoms with van der Waals surface area (Å²) in [6, 6.07) is 7.69. The van der Waals surface area contributed by atoms with Crippen molar-refractivity contribution in [1.29, 1.82) is 0 Å². The predicted octanol–water partition coefficient (Wildman–Crippen LogP) is 1.83. The van der Waals surface area contributed by atoms with Crippen LogP contribution < -0.4 is 9.47 Å². The predicted molar refractivity (Wildman–Crippen MR) is 92.8 cm³/mol. The molecule has 2 aliphatic heterocycles. The van der Waals surface area contributed by atoms with Crippen LogP contribution in [0.5, 0.6) is 11.8 Å². The molecule has 2 fully saturated rings. The summed E-state index contributed by atoms with van der Waals surface area (Å²) in [6.45, 7) is 1.51. The molecule has 2 aliphatic rings. The zero-order valence-corrected chi connectivity index (χ0v) is 14.7. The van der Waals surface area contributed by atoms with E-state index >= 15 is 0 Å². The summed E-state index contributed by atoms with van der Waals surface area (Å²) in [5, 5.41) is 0. The fraction of sp³-hybridized carbons (Fsp3) is 0.421. The first-order chi connectivity index (χ1) is 13.1. The van der Waals surface area contributed by atoms with Crippen LogP contribution >= 0.6 is 0 Å². The van der Waals surface area contributed by atoms with E-state index in [1.54, 1.807) is 23.4 Å². The number of ether oxygens (including phenoxy) is 3. The Bertz CT molecular complexity index is 781. The summed E-state index contributed by atoms with van der Waals surface area (Å²) in [5.41, 5.74) is -0.372. The molecule has 0 aliphatic carbocycles. The van der Waals surface area contributed by atoms with Gasteiger partial charge in [0, 0.05) is 25.2 Å². The van der Waals surface area contributed by atoms with Gasteiger partial charge in [0.15, 0.2) is 6.61 Å². The zero-order valence-electron chi connectivity index (χ0n) is 14.7. The SMILES string of the molecule is O=C(COc1ccc(F)cc1)N1CC2(CC(Oc3ncccn3)CCO2)C1. The minimum Gasteiger partial charge on any atom is -0.484 e. The van der Waals surface area contributed by atoms with Crippen LogP contribution in [0, 0.1) is 5.82 Å². The number of hydrogen-bond acceptors (Lipinski definition) is 6. The minimum absolute atomic E-state index is 0.0335. The van der Waals surface area contributed by atoms with Gasteiger partial charge in [-0.2, -0.15) is 0 Å². The number of halogens is 1. The largest absolute Gasteiger partial charge is 0.484 e. The summed E-state index contributed by atoms with van der Waals surface area (Å²) in [4.78, 5) is 22.2. The van der Waals surface area contributed by atoms with E-state index < -0.39 is 0 Å². The molecule has 1 spiro atoms. The first-order valence-corrected chi connectivity index (χ1v) is 8.86. The maximum absolute atomic E-state index is 12.9. The third-order valence-electron chi connectivity index (χ3n) is 4.75. The van der Waals surface area contributed by atoms with Gasteiger partial charge in [-0.05, 0) is 30.3 Å². The lowest BCUT2D eigenvalue weighted by molar-refractivity contribution is -0.194. The van der Waals surface area contributed by atoms with Gasteiger partial charge in [-0.1, -0.05) is 0 Å². The van der Waals surface area contributed by atoms with Crippen molar-refractivity contribution in [2.24, 2.45) is 0 Å². The first-order valence-electron chi connectivity index (χ1n) is 8.86. The quantitative estimate of drug-likeness (QED) is 0.796. The van der Waals surface area contributed by atoms with Crippen LogP contribution in [0.15, 0.2) is 42.7 Å². The third kappa shape index (κ3) is 4.16. The van der Waals surface area contributed by atoms with Gasteiger partial charge in [0.1, 0.15) is 23.3 Å². The minimum atomic E-state index is -0.372. The van der Waals surface area contributed by atoms with Gasteiger partial charge in [-0.25, -0.2) is 14.4 Å². The van der Waals surface area contributed by atoms with Crippen molar-refractivity contribution < 1.29 is 23.4 Å². The van der Waals surface area contributed by atoms with Crippen LogP contribution in [0.3, 0.4) is 0 Å². The number of hydrogen-bond donors (Lipinski definition) is 0. The monoisotopic (exact) mass is 373 g/mol. The van der Waals surface area contributed by atoms with Crippen molar-refractivity contribution in [2.45, 2.75) is 24.5 Å². The molecule has 7 nitrogen and oxygen atoms in total. The molecule has 2 saturated heterocycles. The van der Waals surface area contributed by atoms with E-state index in [-0.39, 0.29) is 30.0 Å². The molecule has 1 aromatic heterocycles. The number of aromatic nitrogens is 2. The third-order valence-corrected chi connectivity index (χ3v) is 4.75. The van der Waals surface area contributed by atoms with Gasteiger partial charge < -0.3 is 19.1 Å². The average Bonchev–Trinajstić information content (AvgIpc) is 2.66. The molecule has 0 N–H and O–H groups in total. The molecule has 2 aromatic rings. The van der Waals surface area contributed by atoms with Crippen molar-refractivity contribution in [3.8, 4) is 11.8 Å². The highest BCUT2D eigenvalue weighted by molar-refractivity contribution is 5.79. The Labute approximate surface area is 156 Å². The van der Waals surface area contributed by atoms with Crippen LogP contribution in [0.25, 0.3) is 0 Å². The summed E-state index contributed by atoms with van der Waals surface area (Å²) in [6.07, 6.45) is 4.70. The number of carbonyl (C=O) groups excluding carboxylic acids is 1. The number of likely N-dealkylation sites (tertiary alicyclic amines) is 1. The molecule has 8 heteroatoms. The zero-order chi connectivity index (χ0) is 18.7. The van der Waals surface area contributed by atoms with Gasteiger partial charge in [-0.15, -0.1) is 0 Å². The Balaban J connectivity index is 1.26. The summed E-state index contributed by atoms with van der Waals surface area (Å²) >= 11 is 0. The van der Waals surface area contributed by atoms with Crippen molar-refractivity contribution in [2.75, 3.05) is 26.3 Å². The molecule has 0 radical (unpaired) electrons. The summed E-state index contributed by atoms with van der Waals surface area (Å²) < 4.78 is 30.1. The van der Waals surface area contributed by atoms with Crippen molar-refractivity contribution in [1.82, 2.24) is 14.9 Å². The number of rotatable bonds is 5. The fourth-order valence-electron chi connectivity index (χ4n) is 3.39. The number of amides is 1. The molecule has 0 bridgehead atoms. The van der Waals surface area contributed by atoms with E-state index in [1.165, 1.54) is 24.3 Å². The molecule has 142 valence electrons. The Morgan fingerprint density at radius 2 is 2.00 bits per heavy atom. The molecule has 1 amide bonds. The van der Waals surface area contributed by atoms with E-state index in [2.05, 4.69) is 9.97 Å². The molecule has 3 heterocycles. The van der Waals surface area contributed by atoms with Crippen molar-refractivity contribution in [3.05, 3.63) is 48.5 Å². The van der Waals surface area contributed by atoms with Crippen molar-refractivity contribution in [3.63, 3.8) is 0 Å². The van der Waals surface area contributed by atoms with E-state index in [9.17, 15) is 9.18 Å². The molecule has 1 aromatic carbocycles. The molecule has 27 heavy (non-hydrogen) atoms. The van der Waals surface area contributed by atoms with E-state index in [0.717, 1.165) is 6.42 Å². The highest BCUT2D eigenvalue weighted by Crippen LogP contribution is 2.35. The highest BCUT2D eigenvalue weighted by atomic mass is 19.1. The lowest BCUT2D eigenvalue weighted by Crippen LogP contribution is -2.68. The second-order valence-electron chi connectivity index (χ2n) is 6.79. The second kappa shape index (κ2) is 7.48. The normalized spacial score (nSPS) is 20.8. The van der Waals surface area contributed by atoms with E-state index in [0.29, 0.717) is 37.9 Å². The average molecular weight is 373 g/mol. The van der Waals surface area contributed by atoms with Gasteiger partial charge in [0.2, 0.25) is 0 Å². The Kier molecular flexibility index (Phi) is 4.89. The first kappa shape index (κ1) is 17.7. The van der Waals surface area contributed by atoms with Gasteiger partial charge >= 0.3 is 6.01 Å². The van der Waals surface area contributed by atoms with E-state index in [1.807, 2.05) is 0 Å². The van der Waals surface area contributed by atoms with Crippen LogP contribution in [0.4, 0.5) is 4.39 Å². The Hall–Kier alpha value is -2.74. The van der Waals surface area contributed by atoms with Crippen LogP contribution in [-0.2, 0) is 9.53 Å². The van der Waals surface area contributed by atoms with E-state index in [4.69, 9.17) is 14.2 Å². The topological polar surface area (TPSA) is 73.8 Å². The Morgan fingerprint density at radius 1 is 1.26 bits per heavy atom. The molecular weight excluding hydrogens is 353 g/mol. The molecular formula is C19H20FN3O4. The maximum Gasteiger partial charge on any atom is 0.316 e. The van der Waals surface area contributed by atoms with Crippen LogP contribution in [0.2, 0.25) is 0 Å². The molecule has 1 unspecified atom stereocenters. The number of nitrogens with zero attached hydrogens (tertiary/aromatic N) is 3. The smallest absolute Gasteiger partial charge is 0.316 e. The van der Waals surface area contributed by atoms with Crippen LogP contribution in [0.1, 0.15) is 12.8 Å². The second-order valence-corrected chi connectivity index (χ2v) is 6.79. The standard InChI is InChI=1S/C19H20FN3O4/c20-14-2-4-15(5-3-14)25-11-17(24)23-12-19(13-23)10-16(6-9-26-19)27-18-21-7-1-8-22-18/h1-5,7-8,16H,6,9-13H2. The molecule has 0 saturated carbocycles. The van der Waals surface area contributed by atoms with Gasteiger partial charge in [0.25, 0.3) is 5.91 Å². The summed E-state index contributed by atoms with van der Waals surface area (Å²) in [5.74, 6) is -0.00121.